The minimum Gasteiger partial charge on any atom is -0.351 e. The van der Waals surface area contributed by atoms with E-state index in [2.05, 4.69) is 39.2 Å². The van der Waals surface area contributed by atoms with E-state index in [1.807, 2.05) is 22.9 Å². The maximum absolute atomic E-state index is 12.4. The van der Waals surface area contributed by atoms with Crippen molar-refractivity contribution in [2.75, 3.05) is 38.6 Å². The molecular weight excluding hydrogens is 322 g/mol. The van der Waals surface area contributed by atoms with E-state index in [9.17, 15) is 4.79 Å². The number of aromatic nitrogens is 2. The van der Waals surface area contributed by atoms with Crippen molar-refractivity contribution in [2.45, 2.75) is 12.5 Å². The molecule has 2 aromatic heterocycles. The summed E-state index contributed by atoms with van der Waals surface area (Å²) in [4.78, 5) is 25.4. The number of hydrogen-bond donors (Lipinski definition) is 1. The molecular formula is C17H23N5OS. The van der Waals surface area contributed by atoms with Gasteiger partial charge in [0.05, 0.1) is 12.5 Å². The van der Waals surface area contributed by atoms with Crippen LogP contribution in [0, 0.1) is 5.92 Å². The third-order valence-electron chi connectivity index (χ3n) is 4.17. The van der Waals surface area contributed by atoms with E-state index in [0.717, 1.165) is 31.1 Å². The summed E-state index contributed by atoms with van der Waals surface area (Å²) >= 11 is 1.62. The maximum atomic E-state index is 12.4. The van der Waals surface area contributed by atoms with Crippen LogP contribution < -0.4 is 10.2 Å². The quantitative estimate of drug-likeness (QED) is 0.854. The van der Waals surface area contributed by atoms with Gasteiger partial charge < -0.3 is 15.1 Å². The predicted molar refractivity (Wildman–Crippen MR) is 96.2 cm³/mol. The largest absolute Gasteiger partial charge is 0.351 e. The van der Waals surface area contributed by atoms with Crippen LogP contribution in [0.2, 0.25) is 0 Å². The van der Waals surface area contributed by atoms with Gasteiger partial charge in [-0.25, -0.2) is 9.97 Å². The van der Waals surface area contributed by atoms with Gasteiger partial charge in [-0.05, 0) is 42.6 Å². The molecule has 6 nitrogen and oxygen atoms in total. The Morgan fingerprint density at radius 2 is 2.17 bits per heavy atom. The number of rotatable bonds is 6. The van der Waals surface area contributed by atoms with Crippen LogP contribution in [-0.2, 0) is 11.2 Å². The van der Waals surface area contributed by atoms with Crippen molar-refractivity contribution < 1.29 is 4.79 Å². The predicted octanol–water partition coefficient (Wildman–Crippen LogP) is 1.26. The molecule has 0 spiro atoms. The molecule has 0 saturated carbocycles. The molecule has 3 heterocycles. The molecule has 2 atom stereocenters. The van der Waals surface area contributed by atoms with Crippen LogP contribution in [0.15, 0.2) is 35.3 Å². The highest BCUT2D eigenvalue weighted by Crippen LogP contribution is 2.21. The van der Waals surface area contributed by atoms with Crippen LogP contribution in [0.4, 0.5) is 5.95 Å². The summed E-state index contributed by atoms with van der Waals surface area (Å²) in [6, 6.07) is 3.93. The van der Waals surface area contributed by atoms with Gasteiger partial charge >= 0.3 is 0 Å². The van der Waals surface area contributed by atoms with Crippen LogP contribution in [0.1, 0.15) is 5.56 Å². The smallest absolute Gasteiger partial charge is 0.225 e. The summed E-state index contributed by atoms with van der Waals surface area (Å²) in [5.41, 5.74) is 1.07. The standard InChI is InChI=1S/C17H23N5OS/c1-21(2)9-14-10-22(17-18-5-3-6-19-17)11-15(14)20-16(23)8-13-4-7-24-12-13/h3-7,12,14-15H,8-11H2,1-2H3,(H,20,23)/t14-,15-/m1/s1. The first-order valence-corrected chi connectivity index (χ1v) is 9.03. The summed E-state index contributed by atoms with van der Waals surface area (Å²) in [6.07, 6.45) is 3.95. The third kappa shape index (κ3) is 4.30. The molecule has 24 heavy (non-hydrogen) atoms. The number of carbonyl (C=O) groups is 1. The van der Waals surface area contributed by atoms with Crippen LogP contribution >= 0.6 is 11.3 Å². The summed E-state index contributed by atoms with van der Waals surface area (Å²) in [7, 11) is 4.12. The van der Waals surface area contributed by atoms with E-state index in [1.54, 1.807) is 23.7 Å². The number of anilines is 1. The number of thiophene rings is 1. The second-order valence-corrected chi connectivity index (χ2v) is 7.24. The van der Waals surface area contributed by atoms with E-state index in [0.29, 0.717) is 12.3 Å². The highest BCUT2D eigenvalue weighted by atomic mass is 32.1. The Morgan fingerprint density at radius 1 is 1.38 bits per heavy atom. The first kappa shape index (κ1) is 16.9. The first-order chi connectivity index (χ1) is 11.6. The van der Waals surface area contributed by atoms with Crippen molar-refractivity contribution in [1.82, 2.24) is 20.2 Å². The van der Waals surface area contributed by atoms with Gasteiger partial charge in [0.1, 0.15) is 0 Å². The second kappa shape index (κ2) is 7.72. The Morgan fingerprint density at radius 3 is 2.83 bits per heavy atom. The average molecular weight is 345 g/mol. The molecule has 0 bridgehead atoms. The minimum atomic E-state index is 0.0815. The maximum Gasteiger partial charge on any atom is 0.225 e. The van der Waals surface area contributed by atoms with Crippen molar-refractivity contribution in [3.63, 3.8) is 0 Å². The SMILES string of the molecule is CN(C)C[C@@H]1CN(c2ncccn2)C[C@H]1NC(=O)Cc1ccsc1. The first-order valence-electron chi connectivity index (χ1n) is 8.09. The van der Waals surface area contributed by atoms with Crippen LogP contribution in [0.5, 0.6) is 0 Å². The zero-order chi connectivity index (χ0) is 16.9. The van der Waals surface area contributed by atoms with Crippen molar-refractivity contribution in [3.05, 3.63) is 40.8 Å². The minimum absolute atomic E-state index is 0.0815. The Labute approximate surface area is 146 Å². The average Bonchev–Trinajstić information content (AvgIpc) is 3.18. The third-order valence-corrected chi connectivity index (χ3v) is 4.90. The molecule has 1 N–H and O–H groups in total. The van der Waals surface area contributed by atoms with E-state index in [-0.39, 0.29) is 11.9 Å². The molecule has 1 fully saturated rings. The molecule has 1 aliphatic rings. The molecule has 128 valence electrons. The molecule has 2 aromatic rings. The molecule has 0 unspecified atom stereocenters. The lowest BCUT2D eigenvalue weighted by Gasteiger charge is -2.22. The van der Waals surface area contributed by atoms with Gasteiger partial charge in [0, 0.05) is 37.9 Å². The Kier molecular flexibility index (Phi) is 5.42. The van der Waals surface area contributed by atoms with Gasteiger partial charge in [-0.1, -0.05) is 0 Å². The lowest BCUT2D eigenvalue weighted by molar-refractivity contribution is -0.121. The van der Waals surface area contributed by atoms with E-state index in [1.165, 1.54) is 0 Å². The topological polar surface area (TPSA) is 61.4 Å². The zero-order valence-electron chi connectivity index (χ0n) is 14.1. The fraction of sp³-hybridized carbons (Fsp3) is 0.471. The Hall–Kier alpha value is -1.99. The number of amides is 1. The highest BCUT2D eigenvalue weighted by molar-refractivity contribution is 7.07. The second-order valence-electron chi connectivity index (χ2n) is 6.46. The Balaban J connectivity index is 1.65. The molecule has 0 radical (unpaired) electrons. The Bertz CT molecular complexity index is 646. The van der Waals surface area contributed by atoms with Crippen LogP contribution in [0.25, 0.3) is 0 Å². The lowest BCUT2D eigenvalue weighted by atomic mass is 10.0. The number of hydrogen-bond acceptors (Lipinski definition) is 6. The molecule has 0 aliphatic carbocycles. The van der Waals surface area contributed by atoms with Crippen molar-refractivity contribution in [1.29, 1.82) is 0 Å². The van der Waals surface area contributed by atoms with Gasteiger partial charge in [-0.3, -0.25) is 4.79 Å². The number of carbonyl (C=O) groups excluding carboxylic acids is 1. The monoisotopic (exact) mass is 345 g/mol. The van der Waals surface area contributed by atoms with Gasteiger partial charge in [0.15, 0.2) is 0 Å². The lowest BCUT2D eigenvalue weighted by Crippen LogP contribution is -2.44. The molecule has 7 heteroatoms. The molecule has 1 amide bonds. The van der Waals surface area contributed by atoms with E-state index >= 15 is 0 Å². The van der Waals surface area contributed by atoms with Gasteiger partial charge in [0.2, 0.25) is 11.9 Å². The molecule has 1 saturated heterocycles. The van der Waals surface area contributed by atoms with E-state index in [4.69, 9.17) is 0 Å². The highest BCUT2D eigenvalue weighted by Gasteiger charge is 2.35. The number of nitrogens with one attached hydrogen (secondary N) is 1. The van der Waals surface area contributed by atoms with Crippen LogP contribution in [0.3, 0.4) is 0 Å². The van der Waals surface area contributed by atoms with Crippen molar-refractivity contribution >= 4 is 23.2 Å². The van der Waals surface area contributed by atoms with Gasteiger partial charge in [-0.15, -0.1) is 0 Å². The fourth-order valence-corrected chi connectivity index (χ4v) is 3.81. The number of nitrogens with zero attached hydrogens (tertiary/aromatic N) is 4. The molecule has 3 rings (SSSR count). The molecule has 0 aromatic carbocycles. The van der Waals surface area contributed by atoms with Gasteiger partial charge in [-0.2, -0.15) is 11.3 Å². The van der Waals surface area contributed by atoms with Crippen molar-refractivity contribution in [2.24, 2.45) is 5.92 Å². The van der Waals surface area contributed by atoms with Gasteiger partial charge in [0.25, 0.3) is 0 Å². The van der Waals surface area contributed by atoms with Crippen molar-refractivity contribution in [3.8, 4) is 0 Å². The fourth-order valence-electron chi connectivity index (χ4n) is 3.14. The zero-order valence-corrected chi connectivity index (χ0v) is 14.9. The summed E-state index contributed by atoms with van der Waals surface area (Å²) < 4.78 is 0. The van der Waals surface area contributed by atoms with E-state index < -0.39 is 0 Å². The summed E-state index contributed by atoms with van der Waals surface area (Å²) in [5, 5.41) is 7.24. The summed E-state index contributed by atoms with van der Waals surface area (Å²) in [5.74, 6) is 1.17. The molecule has 1 aliphatic heterocycles. The normalized spacial score (nSPS) is 20.5. The van der Waals surface area contributed by atoms with Crippen LogP contribution in [-0.4, -0.2) is 60.5 Å². The summed E-state index contributed by atoms with van der Waals surface area (Å²) in [6.45, 7) is 2.52.